The van der Waals surface area contributed by atoms with Crippen LogP contribution in [0.2, 0.25) is 0 Å². The highest BCUT2D eigenvalue weighted by Gasteiger charge is 2.40. The summed E-state index contributed by atoms with van der Waals surface area (Å²) < 4.78 is 14.9. The summed E-state index contributed by atoms with van der Waals surface area (Å²) in [6.07, 6.45) is 0.503. The molecule has 7 nitrogen and oxygen atoms in total. The average Bonchev–Trinajstić information content (AvgIpc) is 2.96. The summed E-state index contributed by atoms with van der Waals surface area (Å²) in [6, 6.07) is 2.37. The Morgan fingerprint density at radius 1 is 1.07 bits per heavy atom. The highest BCUT2D eigenvalue weighted by molar-refractivity contribution is 6.05. The van der Waals surface area contributed by atoms with Gasteiger partial charge in [0.1, 0.15) is 11.9 Å². The molecule has 1 N–H and O–H groups in total. The molecule has 2 saturated heterocycles. The van der Waals surface area contributed by atoms with Crippen molar-refractivity contribution in [2.75, 3.05) is 31.1 Å². The van der Waals surface area contributed by atoms with Crippen LogP contribution in [0.4, 0.5) is 10.1 Å². The number of anilines is 1. The Morgan fingerprint density at radius 2 is 1.76 bits per heavy atom. The third-order valence-electron chi connectivity index (χ3n) is 6.16. The molecule has 0 aromatic heterocycles. The maximum atomic E-state index is 14.9. The van der Waals surface area contributed by atoms with Crippen LogP contribution >= 0.6 is 0 Å². The first-order chi connectivity index (χ1) is 13.6. The zero-order chi connectivity index (χ0) is 20.9. The van der Waals surface area contributed by atoms with Gasteiger partial charge in [-0.2, -0.15) is 0 Å². The van der Waals surface area contributed by atoms with Gasteiger partial charge in [0, 0.05) is 50.2 Å². The van der Waals surface area contributed by atoms with Crippen molar-refractivity contribution >= 4 is 23.4 Å². The number of carbonyl (C=O) groups excluding carboxylic acids is 3. The lowest BCUT2D eigenvalue weighted by Gasteiger charge is -2.43. The zero-order valence-electron chi connectivity index (χ0n) is 17.1. The van der Waals surface area contributed by atoms with E-state index in [9.17, 15) is 18.8 Å². The Hall–Kier alpha value is -2.48. The first-order valence-electron chi connectivity index (χ1n) is 10.1. The lowest BCUT2D eigenvalue weighted by Crippen LogP contribution is -2.53. The van der Waals surface area contributed by atoms with E-state index in [1.54, 1.807) is 6.07 Å². The molecule has 1 aromatic carbocycles. The van der Waals surface area contributed by atoms with Crippen LogP contribution in [0.3, 0.4) is 0 Å². The smallest absolute Gasteiger partial charge is 0.255 e. The van der Waals surface area contributed by atoms with Gasteiger partial charge in [-0.25, -0.2) is 4.39 Å². The van der Waals surface area contributed by atoms with Crippen LogP contribution in [0.1, 0.15) is 49.5 Å². The van der Waals surface area contributed by atoms with Crippen molar-refractivity contribution in [2.45, 2.75) is 51.7 Å². The van der Waals surface area contributed by atoms with Crippen LogP contribution in [0.15, 0.2) is 12.1 Å². The Kier molecular flexibility index (Phi) is 4.85. The van der Waals surface area contributed by atoms with Gasteiger partial charge in [0.15, 0.2) is 0 Å². The SMILES string of the molecule is CC(C)(C)N1CCN(c2cc3c(cc2F)C(=O)N([C@@H]2CCC(=O)NC2=O)C3)CC1. The van der Waals surface area contributed by atoms with E-state index in [2.05, 4.69) is 31.0 Å². The lowest BCUT2D eigenvalue weighted by molar-refractivity contribution is -0.136. The topological polar surface area (TPSA) is 73.0 Å². The molecular formula is C21H27FN4O3. The van der Waals surface area contributed by atoms with Gasteiger partial charge in [-0.05, 0) is 44.9 Å². The first-order valence-corrected chi connectivity index (χ1v) is 10.1. The van der Waals surface area contributed by atoms with Gasteiger partial charge in [0.05, 0.1) is 5.69 Å². The van der Waals surface area contributed by atoms with Crippen LogP contribution in [-0.4, -0.2) is 65.3 Å². The molecular weight excluding hydrogens is 375 g/mol. The molecule has 1 atom stereocenters. The fourth-order valence-corrected chi connectivity index (χ4v) is 4.44. The second kappa shape index (κ2) is 7.09. The Balaban J connectivity index is 1.53. The third kappa shape index (κ3) is 3.61. The fourth-order valence-electron chi connectivity index (χ4n) is 4.44. The molecule has 29 heavy (non-hydrogen) atoms. The minimum absolute atomic E-state index is 0.0808. The molecule has 0 bridgehead atoms. The third-order valence-corrected chi connectivity index (χ3v) is 6.16. The second-order valence-electron chi connectivity index (χ2n) is 9.01. The number of rotatable bonds is 2. The summed E-state index contributed by atoms with van der Waals surface area (Å²) in [5, 5.41) is 2.29. The predicted octanol–water partition coefficient (Wildman–Crippen LogP) is 1.51. The molecule has 2 fully saturated rings. The number of piperidine rings is 1. The van der Waals surface area contributed by atoms with Crippen LogP contribution in [0.25, 0.3) is 0 Å². The average molecular weight is 402 g/mol. The molecule has 1 aromatic rings. The number of nitrogens with one attached hydrogen (secondary N) is 1. The number of hydrogen-bond donors (Lipinski definition) is 1. The van der Waals surface area contributed by atoms with Crippen molar-refractivity contribution in [2.24, 2.45) is 0 Å². The molecule has 156 valence electrons. The number of benzene rings is 1. The molecule has 3 heterocycles. The molecule has 0 radical (unpaired) electrons. The quantitative estimate of drug-likeness (QED) is 0.760. The monoisotopic (exact) mass is 402 g/mol. The van der Waals surface area contributed by atoms with E-state index in [4.69, 9.17) is 0 Å². The maximum absolute atomic E-state index is 14.9. The summed E-state index contributed by atoms with van der Waals surface area (Å²) in [7, 11) is 0. The van der Waals surface area contributed by atoms with Gasteiger partial charge in [0.2, 0.25) is 11.8 Å². The van der Waals surface area contributed by atoms with E-state index in [-0.39, 0.29) is 30.3 Å². The van der Waals surface area contributed by atoms with Gasteiger partial charge < -0.3 is 9.80 Å². The molecule has 0 unspecified atom stereocenters. The van der Waals surface area contributed by atoms with E-state index < -0.39 is 17.8 Å². The van der Waals surface area contributed by atoms with Crippen molar-refractivity contribution in [1.82, 2.24) is 15.1 Å². The van der Waals surface area contributed by atoms with E-state index in [1.165, 1.54) is 11.0 Å². The number of amides is 3. The van der Waals surface area contributed by atoms with E-state index in [0.29, 0.717) is 17.7 Å². The van der Waals surface area contributed by atoms with Crippen LogP contribution in [0, 0.1) is 5.82 Å². The number of carbonyl (C=O) groups is 3. The van der Waals surface area contributed by atoms with Crippen LogP contribution in [0.5, 0.6) is 0 Å². The predicted molar refractivity (Wildman–Crippen MR) is 106 cm³/mol. The Labute approximate surface area is 169 Å². The zero-order valence-corrected chi connectivity index (χ0v) is 17.1. The van der Waals surface area contributed by atoms with Gasteiger partial charge in [-0.15, -0.1) is 0 Å². The number of halogens is 1. The number of hydrogen-bond acceptors (Lipinski definition) is 5. The number of nitrogens with zero attached hydrogens (tertiary/aromatic N) is 3. The van der Waals surface area contributed by atoms with Crippen molar-refractivity contribution < 1.29 is 18.8 Å². The number of imide groups is 1. The normalized spacial score (nSPS) is 23.4. The summed E-state index contributed by atoms with van der Waals surface area (Å²) >= 11 is 0. The highest BCUT2D eigenvalue weighted by Crippen LogP contribution is 2.33. The van der Waals surface area contributed by atoms with Crippen molar-refractivity contribution in [1.29, 1.82) is 0 Å². The number of fused-ring (bicyclic) bond motifs is 1. The van der Waals surface area contributed by atoms with E-state index in [1.807, 2.05) is 4.90 Å². The molecule has 0 saturated carbocycles. The van der Waals surface area contributed by atoms with Gasteiger partial charge >= 0.3 is 0 Å². The lowest BCUT2D eigenvalue weighted by atomic mass is 10.0. The first kappa shape index (κ1) is 19.8. The van der Waals surface area contributed by atoms with Crippen molar-refractivity contribution in [3.63, 3.8) is 0 Å². The molecule has 3 aliphatic rings. The molecule has 0 aliphatic carbocycles. The molecule has 0 spiro atoms. The summed E-state index contributed by atoms with van der Waals surface area (Å²) in [6.45, 7) is 9.92. The van der Waals surface area contributed by atoms with Crippen LogP contribution < -0.4 is 10.2 Å². The fraction of sp³-hybridized carbons (Fsp3) is 0.571. The summed E-state index contributed by atoms with van der Waals surface area (Å²) in [4.78, 5) is 42.2. The summed E-state index contributed by atoms with van der Waals surface area (Å²) in [5.74, 6) is -1.54. The molecule has 3 amide bonds. The van der Waals surface area contributed by atoms with Gasteiger partial charge in [-0.1, -0.05) is 0 Å². The van der Waals surface area contributed by atoms with Crippen molar-refractivity contribution in [3.8, 4) is 0 Å². The summed E-state index contributed by atoms with van der Waals surface area (Å²) in [5.41, 5.74) is 1.63. The second-order valence-corrected chi connectivity index (χ2v) is 9.01. The molecule has 3 aliphatic heterocycles. The van der Waals surface area contributed by atoms with Gasteiger partial charge in [-0.3, -0.25) is 24.6 Å². The van der Waals surface area contributed by atoms with Crippen molar-refractivity contribution in [3.05, 3.63) is 29.1 Å². The Morgan fingerprint density at radius 3 is 2.38 bits per heavy atom. The maximum Gasteiger partial charge on any atom is 0.255 e. The minimum Gasteiger partial charge on any atom is -0.367 e. The molecule has 8 heteroatoms. The van der Waals surface area contributed by atoms with E-state index in [0.717, 1.165) is 31.7 Å². The standard InChI is InChI=1S/C21H27FN4O3/c1-21(2,3)25-8-6-24(7-9-25)17-10-13-12-26(20(29)14(13)11-15(17)22)16-4-5-18(27)23-19(16)28/h10-11,16H,4-9,12H2,1-3H3,(H,23,27,28)/t16-/m1/s1. The van der Waals surface area contributed by atoms with Crippen LogP contribution in [-0.2, 0) is 16.1 Å². The largest absolute Gasteiger partial charge is 0.367 e. The Bertz CT molecular complexity index is 871. The highest BCUT2D eigenvalue weighted by atomic mass is 19.1. The minimum atomic E-state index is -0.686. The molecule has 4 rings (SSSR count). The van der Waals surface area contributed by atoms with E-state index >= 15 is 0 Å². The number of piperazine rings is 1. The van der Waals surface area contributed by atoms with Gasteiger partial charge in [0.25, 0.3) is 5.91 Å².